The van der Waals surface area contributed by atoms with E-state index in [2.05, 4.69) is 30.4 Å². The molecule has 1 rings (SSSR count). The summed E-state index contributed by atoms with van der Waals surface area (Å²) >= 11 is 0. The van der Waals surface area contributed by atoms with Gasteiger partial charge in [0.1, 0.15) is 0 Å². The second-order valence-electron chi connectivity index (χ2n) is 3.04. The number of hydrogen-bond donors (Lipinski definition) is 0. The molecule has 1 saturated heterocycles. The van der Waals surface area contributed by atoms with Crippen LogP contribution in [0.2, 0.25) is 0 Å². The van der Waals surface area contributed by atoms with E-state index in [9.17, 15) is 0 Å². The first-order valence-electron chi connectivity index (χ1n) is 3.36. The summed E-state index contributed by atoms with van der Waals surface area (Å²) in [5.41, 5.74) is 0. The third-order valence-corrected chi connectivity index (χ3v) is 3.07. The lowest BCUT2D eigenvalue weighted by molar-refractivity contribution is 0.272. The quantitative estimate of drug-likeness (QED) is 0.484. The number of hydrogen-bond acceptors (Lipinski definition) is 1. The minimum atomic E-state index is 0.451. The van der Waals surface area contributed by atoms with Gasteiger partial charge >= 0.3 is 0 Å². The molecule has 54 valence electrons. The van der Waals surface area contributed by atoms with Crippen LogP contribution in [-0.2, 0) is 0 Å². The van der Waals surface area contributed by atoms with Crippen molar-refractivity contribution >= 4 is 18.5 Å². The average molecular weight is 163 g/mol. The van der Waals surface area contributed by atoms with Gasteiger partial charge in [0, 0.05) is 4.90 Å². The van der Waals surface area contributed by atoms with E-state index < -0.39 is 0 Å². The molecule has 1 aliphatic heterocycles. The molecular formula is C6H15NP2. The molecule has 0 aromatic heterocycles. The van der Waals surface area contributed by atoms with Crippen molar-refractivity contribution in [2.24, 2.45) is 0 Å². The summed E-state index contributed by atoms with van der Waals surface area (Å²) in [5, 5.41) is 0. The Morgan fingerprint density at radius 2 is 1.67 bits per heavy atom. The van der Waals surface area contributed by atoms with Crippen LogP contribution in [-0.4, -0.2) is 29.9 Å². The van der Waals surface area contributed by atoms with Gasteiger partial charge in [-0.05, 0) is 33.0 Å². The van der Waals surface area contributed by atoms with Crippen LogP contribution in [0.5, 0.6) is 0 Å². The van der Waals surface area contributed by atoms with E-state index in [1.54, 1.807) is 0 Å². The predicted molar refractivity (Wildman–Crippen MR) is 48.9 cm³/mol. The van der Waals surface area contributed by atoms with Gasteiger partial charge in [-0.3, -0.25) is 0 Å². The second-order valence-corrected chi connectivity index (χ2v) is 6.00. The largest absolute Gasteiger partial charge is 0.306 e. The molecule has 0 aliphatic carbocycles. The summed E-state index contributed by atoms with van der Waals surface area (Å²) in [7, 11) is 8.02. The molecule has 2 atom stereocenters. The van der Waals surface area contributed by atoms with Gasteiger partial charge < -0.3 is 4.90 Å². The van der Waals surface area contributed by atoms with Crippen LogP contribution >= 0.6 is 18.5 Å². The molecule has 9 heavy (non-hydrogen) atoms. The van der Waals surface area contributed by atoms with E-state index >= 15 is 0 Å². The maximum Gasteiger partial charge on any atom is 0.00172 e. The molecule has 0 radical (unpaired) electrons. The molecule has 3 heteroatoms. The summed E-state index contributed by atoms with van der Waals surface area (Å²) in [5.74, 6) is 0. The van der Waals surface area contributed by atoms with Crippen molar-refractivity contribution in [1.82, 2.24) is 4.90 Å². The number of likely N-dealkylation sites (tertiary alicyclic amines) is 1. The molecule has 0 aromatic carbocycles. The van der Waals surface area contributed by atoms with Gasteiger partial charge in [-0.15, -0.1) is 18.5 Å². The number of rotatable bonds is 0. The van der Waals surface area contributed by atoms with Crippen LogP contribution in [0.15, 0.2) is 0 Å². The lowest BCUT2D eigenvalue weighted by Crippen LogP contribution is -2.34. The van der Waals surface area contributed by atoms with E-state index in [0.717, 1.165) is 0 Å². The molecule has 2 unspecified atom stereocenters. The molecule has 1 nitrogen and oxygen atoms in total. The van der Waals surface area contributed by atoms with Crippen molar-refractivity contribution in [3.05, 3.63) is 0 Å². The highest BCUT2D eigenvalue weighted by molar-refractivity contribution is 7.39. The molecule has 1 heterocycles. The summed E-state index contributed by atoms with van der Waals surface area (Å²) < 4.78 is 0. The highest BCUT2D eigenvalue weighted by atomic mass is 31.1. The zero-order chi connectivity index (χ0) is 6.91. The van der Waals surface area contributed by atoms with Crippen molar-refractivity contribution in [3.63, 3.8) is 0 Å². The molecule has 0 saturated carbocycles. The first kappa shape index (κ1) is 7.92. The lowest BCUT2D eigenvalue weighted by atomic mass is 10.1. The van der Waals surface area contributed by atoms with Crippen LogP contribution in [0.3, 0.4) is 0 Å². The van der Waals surface area contributed by atoms with E-state index in [1.807, 2.05) is 0 Å². The van der Waals surface area contributed by atoms with Crippen molar-refractivity contribution in [2.45, 2.75) is 17.7 Å². The summed E-state index contributed by atoms with van der Waals surface area (Å²) in [6.07, 6.45) is 2.58. The third kappa shape index (κ3) is 2.50. The molecule has 0 aromatic rings. The Labute approximate surface area is 62.0 Å². The van der Waals surface area contributed by atoms with Gasteiger partial charge in [-0.1, -0.05) is 0 Å². The van der Waals surface area contributed by atoms with Crippen molar-refractivity contribution in [2.75, 3.05) is 20.1 Å². The molecule has 1 fully saturated rings. The predicted octanol–water partition coefficient (Wildman–Crippen LogP) is 1.16. The maximum atomic E-state index is 2.92. The SMILES string of the molecule is CN1CCC(P)(P)CC1. The van der Waals surface area contributed by atoms with Crippen LogP contribution in [0.25, 0.3) is 0 Å². The van der Waals surface area contributed by atoms with Crippen molar-refractivity contribution < 1.29 is 0 Å². The molecule has 0 amide bonds. The Bertz CT molecular complexity index is 93.2. The smallest absolute Gasteiger partial charge is 0.00172 e. The van der Waals surface area contributed by atoms with E-state index in [4.69, 9.17) is 0 Å². The Morgan fingerprint density at radius 3 is 2.00 bits per heavy atom. The summed E-state index contributed by atoms with van der Waals surface area (Å²) in [4.78, 5) is 2.83. The number of nitrogens with zero attached hydrogens (tertiary/aromatic N) is 1. The fraction of sp³-hybridized carbons (Fsp3) is 1.00. The summed E-state index contributed by atoms with van der Waals surface area (Å²) in [6.45, 7) is 2.49. The van der Waals surface area contributed by atoms with Crippen LogP contribution in [0.4, 0.5) is 0 Å². The molecule has 0 N–H and O–H groups in total. The van der Waals surface area contributed by atoms with Crippen LogP contribution in [0.1, 0.15) is 12.8 Å². The van der Waals surface area contributed by atoms with Gasteiger partial charge in [0.2, 0.25) is 0 Å². The van der Waals surface area contributed by atoms with Gasteiger partial charge in [0.05, 0.1) is 0 Å². The second kappa shape index (κ2) is 2.82. The first-order valence-corrected chi connectivity index (χ1v) is 4.52. The van der Waals surface area contributed by atoms with Crippen molar-refractivity contribution in [3.8, 4) is 0 Å². The zero-order valence-corrected chi connectivity index (χ0v) is 8.24. The van der Waals surface area contributed by atoms with E-state index in [-0.39, 0.29) is 0 Å². The van der Waals surface area contributed by atoms with Gasteiger partial charge in [0.15, 0.2) is 0 Å². The first-order chi connectivity index (χ1) is 4.10. The van der Waals surface area contributed by atoms with Gasteiger partial charge in [-0.25, -0.2) is 0 Å². The maximum absolute atomic E-state index is 2.92. The zero-order valence-electron chi connectivity index (χ0n) is 5.93. The lowest BCUT2D eigenvalue weighted by Gasteiger charge is -2.34. The monoisotopic (exact) mass is 163 g/mol. The van der Waals surface area contributed by atoms with Crippen LogP contribution < -0.4 is 0 Å². The standard InChI is InChI=1S/C6H15NP2/c1-7-4-2-6(8,9)3-5-7/h2-5,8-9H2,1H3. The third-order valence-electron chi connectivity index (χ3n) is 1.92. The fourth-order valence-corrected chi connectivity index (χ4v) is 1.55. The number of piperidine rings is 1. The molecule has 1 aliphatic rings. The normalized spacial score (nSPS) is 28.3. The molecule has 0 spiro atoms. The molecule has 0 bridgehead atoms. The highest BCUT2D eigenvalue weighted by Crippen LogP contribution is 2.36. The Kier molecular flexibility index (Phi) is 2.49. The van der Waals surface area contributed by atoms with E-state index in [0.29, 0.717) is 4.90 Å². The Hall–Kier alpha value is 0.820. The Balaban J connectivity index is 2.35. The van der Waals surface area contributed by atoms with E-state index in [1.165, 1.54) is 25.9 Å². The van der Waals surface area contributed by atoms with Crippen molar-refractivity contribution in [1.29, 1.82) is 0 Å². The van der Waals surface area contributed by atoms with Gasteiger partial charge in [-0.2, -0.15) is 0 Å². The molecular weight excluding hydrogens is 148 g/mol. The minimum absolute atomic E-state index is 0.451. The fourth-order valence-electron chi connectivity index (χ4n) is 1.03. The Morgan fingerprint density at radius 1 is 1.22 bits per heavy atom. The minimum Gasteiger partial charge on any atom is -0.306 e. The highest BCUT2D eigenvalue weighted by Gasteiger charge is 2.23. The summed E-state index contributed by atoms with van der Waals surface area (Å²) in [6, 6.07) is 0. The topological polar surface area (TPSA) is 3.24 Å². The van der Waals surface area contributed by atoms with Gasteiger partial charge in [0.25, 0.3) is 0 Å². The average Bonchev–Trinajstić information content (AvgIpc) is 1.78. The van der Waals surface area contributed by atoms with Crippen LogP contribution in [0, 0.1) is 0 Å².